The molecule has 1 aromatic heterocycles. The summed E-state index contributed by atoms with van der Waals surface area (Å²) in [6.45, 7) is 4.32. The van der Waals surface area contributed by atoms with Crippen molar-refractivity contribution in [2.75, 3.05) is 46.2 Å². The van der Waals surface area contributed by atoms with E-state index in [0.29, 0.717) is 24.1 Å². The normalized spacial score (nSPS) is 10.5. The molecule has 6 nitrogen and oxygen atoms in total. The van der Waals surface area contributed by atoms with E-state index in [1.807, 2.05) is 19.0 Å². The second-order valence-electron chi connectivity index (χ2n) is 4.14. The summed E-state index contributed by atoms with van der Waals surface area (Å²) in [6.07, 6.45) is 2.50. The van der Waals surface area contributed by atoms with Gasteiger partial charge in [-0.1, -0.05) is 6.92 Å². The fourth-order valence-corrected chi connectivity index (χ4v) is 1.34. The van der Waals surface area contributed by atoms with Crippen molar-refractivity contribution in [2.24, 2.45) is 0 Å². The fraction of sp³-hybridized carbons (Fsp3) is 0.667. The number of likely N-dealkylation sites (N-methyl/N-ethyl adjacent to an activating group) is 1. The van der Waals surface area contributed by atoms with Crippen LogP contribution < -0.4 is 14.8 Å². The minimum Gasteiger partial charge on any atom is -0.489 e. The average Bonchev–Trinajstić information content (AvgIpc) is 2.36. The van der Waals surface area contributed by atoms with Crippen molar-refractivity contribution in [2.45, 2.75) is 13.3 Å². The molecule has 0 aliphatic heterocycles. The highest BCUT2D eigenvalue weighted by Crippen LogP contribution is 2.30. The van der Waals surface area contributed by atoms with E-state index in [1.54, 1.807) is 7.11 Å². The summed E-state index contributed by atoms with van der Waals surface area (Å²) >= 11 is 0. The Balaban J connectivity index is 2.71. The number of hydrogen-bond donors (Lipinski definition) is 1. The summed E-state index contributed by atoms with van der Waals surface area (Å²) in [4.78, 5) is 10.3. The lowest BCUT2D eigenvalue weighted by Crippen LogP contribution is -2.20. The van der Waals surface area contributed by atoms with E-state index in [9.17, 15) is 0 Å². The Morgan fingerprint density at radius 3 is 2.72 bits per heavy atom. The Bertz CT molecular complexity index is 358. The van der Waals surface area contributed by atoms with Crippen molar-refractivity contribution in [1.82, 2.24) is 14.9 Å². The Kier molecular flexibility index (Phi) is 6.21. The van der Waals surface area contributed by atoms with Gasteiger partial charge in [0.2, 0.25) is 5.75 Å². The molecule has 0 atom stereocenters. The molecule has 0 amide bonds. The van der Waals surface area contributed by atoms with Gasteiger partial charge in [0.1, 0.15) is 12.9 Å². The summed E-state index contributed by atoms with van der Waals surface area (Å²) in [5.74, 6) is 1.71. The van der Waals surface area contributed by atoms with Crippen molar-refractivity contribution >= 4 is 5.82 Å². The molecule has 102 valence electrons. The number of aromatic nitrogens is 2. The molecular weight excluding hydrogens is 232 g/mol. The third kappa shape index (κ3) is 4.37. The SMILES string of the molecule is CCCNc1ncnc(OCCN(C)C)c1OC. The molecule has 1 N–H and O–H groups in total. The van der Waals surface area contributed by atoms with Crippen LogP contribution in [0.3, 0.4) is 0 Å². The summed E-state index contributed by atoms with van der Waals surface area (Å²) in [5.41, 5.74) is 0. The minimum atomic E-state index is 0.480. The lowest BCUT2D eigenvalue weighted by molar-refractivity contribution is 0.242. The van der Waals surface area contributed by atoms with Gasteiger partial charge in [0, 0.05) is 13.1 Å². The number of rotatable bonds is 8. The molecule has 0 fully saturated rings. The summed E-state index contributed by atoms with van der Waals surface area (Å²) in [7, 11) is 5.58. The standard InChI is InChI=1S/C12H22N4O2/c1-5-6-13-11-10(17-4)12(15-9-14-11)18-8-7-16(2)3/h9H,5-8H2,1-4H3,(H,13,14,15). The van der Waals surface area contributed by atoms with Crippen molar-refractivity contribution in [1.29, 1.82) is 0 Å². The van der Waals surface area contributed by atoms with Crippen molar-refractivity contribution < 1.29 is 9.47 Å². The predicted octanol–water partition coefficient (Wildman–Crippen LogP) is 1.25. The van der Waals surface area contributed by atoms with Crippen LogP contribution in [0.1, 0.15) is 13.3 Å². The molecule has 0 unspecified atom stereocenters. The van der Waals surface area contributed by atoms with E-state index in [1.165, 1.54) is 6.33 Å². The highest BCUT2D eigenvalue weighted by atomic mass is 16.5. The molecule has 0 radical (unpaired) electrons. The number of nitrogens with one attached hydrogen (secondary N) is 1. The molecule has 0 saturated carbocycles. The molecule has 0 spiro atoms. The molecule has 6 heteroatoms. The van der Waals surface area contributed by atoms with Gasteiger partial charge in [0.05, 0.1) is 7.11 Å². The molecule has 1 aromatic rings. The number of methoxy groups -OCH3 is 1. The third-order valence-electron chi connectivity index (χ3n) is 2.29. The van der Waals surface area contributed by atoms with Gasteiger partial charge in [-0.3, -0.25) is 0 Å². The van der Waals surface area contributed by atoms with Gasteiger partial charge in [0.25, 0.3) is 5.88 Å². The predicted molar refractivity (Wildman–Crippen MR) is 71.4 cm³/mol. The van der Waals surface area contributed by atoms with E-state index in [2.05, 4.69) is 22.2 Å². The molecule has 0 bridgehead atoms. The zero-order valence-corrected chi connectivity index (χ0v) is 11.6. The zero-order chi connectivity index (χ0) is 13.4. The van der Waals surface area contributed by atoms with Crippen LogP contribution in [0.15, 0.2) is 6.33 Å². The largest absolute Gasteiger partial charge is 0.489 e. The lowest BCUT2D eigenvalue weighted by Gasteiger charge is -2.14. The first-order chi connectivity index (χ1) is 8.69. The number of ether oxygens (including phenoxy) is 2. The Hall–Kier alpha value is -1.56. The summed E-state index contributed by atoms with van der Waals surface area (Å²) in [6, 6.07) is 0. The molecule has 1 heterocycles. The van der Waals surface area contributed by atoms with Crippen LogP contribution >= 0.6 is 0 Å². The highest BCUT2D eigenvalue weighted by Gasteiger charge is 2.12. The van der Waals surface area contributed by atoms with Crippen LogP contribution in [0, 0.1) is 0 Å². The van der Waals surface area contributed by atoms with Crippen molar-refractivity contribution in [3.63, 3.8) is 0 Å². The maximum absolute atomic E-state index is 5.60. The van der Waals surface area contributed by atoms with Gasteiger partial charge in [-0.15, -0.1) is 0 Å². The summed E-state index contributed by atoms with van der Waals surface area (Å²) in [5, 5.41) is 3.19. The van der Waals surface area contributed by atoms with E-state index < -0.39 is 0 Å². The molecule has 0 aliphatic rings. The smallest absolute Gasteiger partial charge is 0.262 e. The van der Waals surface area contributed by atoms with Gasteiger partial charge in [-0.2, -0.15) is 4.98 Å². The first-order valence-electron chi connectivity index (χ1n) is 6.09. The highest BCUT2D eigenvalue weighted by molar-refractivity contribution is 5.54. The molecule has 1 rings (SSSR count). The summed E-state index contributed by atoms with van der Waals surface area (Å²) < 4.78 is 10.9. The third-order valence-corrected chi connectivity index (χ3v) is 2.29. The first kappa shape index (κ1) is 14.5. The average molecular weight is 254 g/mol. The topological polar surface area (TPSA) is 59.5 Å². The zero-order valence-electron chi connectivity index (χ0n) is 11.6. The number of anilines is 1. The van der Waals surface area contributed by atoms with Gasteiger partial charge < -0.3 is 19.7 Å². The van der Waals surface area contributed by atoms with Crippen LogP contribution in [0.4, 0.5) is 5.82 Å². The molecular formula is C12H22N4O2. The van der Waals surface area contributed by atoms with Gasteiger partial charge in [-0.05, 0) is 20.5 Å². The molecule has 0 aromatic carbocycles. The Morgan fingerprint density at radius 2 is 2.11 bits per heavy atom. The van der Waals surface area contributed by atoms with Crippen molar-refractivity contribution in [3.05, 3.63) is 6.33 Å². The molecule has 0 saturated heterocycles. The maximum atomic E-state index is 5.60. The van der Waals surface area contributed by atoms with Gasteiger partial charge >= 0.3 is 0 Å². The second kappa shape index (κ2) is 7.71. The minimum absolute atomic E-state index is 0.480. The fourth-order valence-electron chi connectivity index (χ4n) is 1.34. The van der Waals surface area contributed by atoms with E-state index >= 15 is 0 Å². The van der Waals surface area contributed by atoms with Crippen LogP contribution in [0.5, 0.6) is 11.6 Å². The van der Waals surface area contributed by atoms with Crippen LogP contribution in [-0.2, 0) is 0 Å². The maximum Gasteiger partial charge on any atom is 0.262 e. The van der Waals surface area contributed by atoms with Gasteiger partial charge in [0.15, 0.2) is 5.82 Å². The Morgan fingerprint density at radius 1 is 1.33 bits per heavy atom. The molecule has 0 aliphatic carbocycles. The van der Waals surface area contributed by atoms with Crippen LogP contribution in [0.25, 0.3) is 0 Å². The number of hydrogen-bond acceptors (Lipinski definition) is 6. The van der Waals surface area contributed by atoms with E-state index in [4.69, 9.17) is 9.47 Å². The van der Waals surface area contributed by atoms with Crippen LogP contribution in [0.2, 0.25) is 0 Å². The van der Waals surface area contributed by atoms with E-state index in [-0.39, 0.29) is 0 Å². The number of nitrogens with zero attached hydrogens (tertiary/aromatic N) is 3. The quantitative estimate of drug-likeness (QED) is 0.753. The first-order valence-corrected chi connectivity index (χ1v) is 6.09. The van der Waals surface area contributed by atoms with Crippen molar-refractivity contribution in [3.8, 4) is 11.6 Å². The van der Waals surface area contributed by atoms with Gasteiger partial charge in [-0.25, -0.2) is 4.98 Å². The Labute approximate surface area is 108 Å². The monoisotopic (exact) mass is 254 g/mol. The lowest BCUT2D eigenvalue weighted by atomic mass is 10.4. The van der Waals surface area contributed by atoms with E-state index in [0.717, 1.165) is 19.5 Å². The molecule has 18 heavy (non-hydrogen) atoms. The second-order valence-corrected chi connectivity index (χ2v) is 4.14. The van der Waals surface area contributed by atoms with Crippen LogP contribution in [-0.4, -0.2) is 55.8 Å².